The lowest BCUT2D eigenvalue weighted by Crippen LogP contribution is -2.20. The summed E-state index contributed by atoms with van der Waals surface area (Å²) in [6.45, 7) is 1.63. The van der Waals surface area contributed by atoms with Crippen molar-refractivity contribution in [3.63, 3.8) is 0 Å². The van der Waals surface area contributed by atoms with Gasteiger partial charge in [0.05, 0.1) is 11.9 Å². The maximum Gasteiger partial charge on any atom is 0.204 e. The summed E-state index contributed by atoms with van der Waals surface area (Å²) in [5, 5.41) is 4.81. The minimum Gasteiger partial charge on any atom is -0.348 e. The number of halogens is 2. The summed E-state index contributed by atoms with van der Waals surface area (Å²) < 4.78 is 2.09. The lowest BCUT2D eigenvalue weighted by Gasteiger charge is -2.13. The molecule has 0 atom stereocenters. The van der Waals surface area contributed by atoms with Crippen molar-refractivity contribution in [2.24, 2.45) is 7.05 Å². The highest BCUT2D eigenvalue weighted by atomic mass is 35.5. The van der Waals surface area contributed by atoms with E-state index in [1.54, 1.807) is 6.07 Å². The molecule has 1 heterocycles. The van der Waals surface area contributed by atoms with Gasteiger partial charge in [-0.15, -0.1) is 0 Å². The van der Waals surface area contributed by atoms with Crippen molar-refractivity contribution >= 4 is 29.2 Å². The van der Waals surface area contributed by atoms with Gasteiger partial charge in [-0.2, -0.15) is 0 Å². The second kappa shape index (κ2) is 7.16. The zero-order valence-electron chi connectivity index (χ0n) is 12.5. The Morgan fingerprint density at radius 1 is 1.29 bits per heavy atom. The van der Waals surface area contributed by atoms with E-state index < -0.39 is 0 Å². The summed E-state index contributed by atoms with van der Waals surface area (Å²) in [6, 6.07) is 5.62. The van der Waals surface area contributed by atoms with Crippen LogP contribution in [-0.4, -0.2) is 30.2 Å². The van der Waals surface area contributed by atoms with Crippen molar-refractivity contribution in [1.82, 2.24) is 14.9 Å². The summed E-state index contributed by atoms with van der Waals surface area (Å²) >= 11 is 12.0. The predicted octanol–water partition coefficient (Wildman–Crippen LogP) is 3.13. The first-order valence-electron chi connectivity index (χ1n) is 6.81. The molecular weight excluding hydrogens is 307 g/mol. The standard InChI is InChI=1S/C15H20Cl2N4/c1-20(2)15-19-10-13(21(15)3)9-18-7-6-11-4-5-12(16)8-14(11)17/h4-5,8,10,18H,6-7,9H2,1-3H3. The summed E-state index contributed by atoms with van der Waals surface area (Å²) in [7, 11) is 6.00. The number of nitrogens with zero attached hydrogens (tertiary/aromatic N) is 3. The Bertz CT molecular complexity index is 608. The summed E-state index contributed by atoms with van der Waals surface area (Å²) in [4.78, 5) is 6.39. The molecule has 0 aliphatic heterocycles. The first kappa shape index (κ1) is 16.1. The van der Waals surface area contributed by atoms with E-state index in [0.29, 0.717) is 5.02 Å². The molecule has 0 aliphatic carbocycles. The topological polar surface area (TPSA) is 33.1 Å². The fourth-order valence-electron chi connectivity index (χ4n) is 2.18. The van der Waals surface area contributed by atoms with Crippen LogP contribution in [0.3, 0.4) is 0 Å². The molecule has 0 amide bonds. The quantitative estimate of drug-likeness (QED) is 0.828. The van der Waals surface area contributed by atoms with Gasteiger partial charge in [0.15, 0.2) is 0 Å². The normalized spacial score (nSPS) is 10.9. The smallest absolute Gasteiger partial charge is 0.204 e. The molecule has 4 nitrogen and oxygen atoms in total. The molecule has 0 unspecified atom stereocenters. The van der Waals surface area contributed by atoms with E-state index in [1.807, 2.05) is 44.4 Å². The van der Waals surface area contributed by atoms with Gasteiger partial charge in [-0.25, -0.2) is 4.98 Å². The molecule has 0 fully saturated rings. The molecule has 0 bridgehead atoms. The molecule has 1 aromatic carbocycles. The maximum atomic E-state index is 6.16. The Kier molecular flexibility index (Phi) is 5.51. The van der Waals surface area contributed by atoms with Gasteiger partial charge in [-0.05, 0) is 30.7 Å². The van der Waals surface area contributed by atoms with E-state index in [0.717, 1.165) is 41.7 Å². The molecule has 21 heavy (non-hydrogen) atoms. The Balaban J connectivity index is 1.85. The van der Waals surface area contributed by atoms with Crippen LogP contribution in [0.1, 0.15) is 11.3 Å². The van der Waals surface area contributed by atoms with Gasteiger partial charge in [0.25, 0.3) is 0 Å². The summed E-state index contributed by atoms with van der Waals surface area (Å²) in [5.74, 6) is 0.951. The number of benzene rings is 1. The molecule has 2 rings (SSSR count). The third-order valence-electron chi connectivity index (χ3n) is 3.35. The molecule has 0 radical (unpaired) electrons. The minimum absolute atomic E-state index is 0.669. The van der Waals surface area contributed by atoms with Crippen LogP contribution in [0.25, 0.3) is 0 Å². The fourth-order valence-corrected chi connectivity index (χ4v) is 2.68. The number of rotatable bonds is 6. The largest absolute Gasteiger partial charge is 0.348 e. The van der Waals surface area contributed by atoms with Gasteiger partial charge in [0.1, 0.15) is 0 Å². The lowest BCUT2D eigenvalue weighted by atomic mass is 10.1. The van der Waals surface area contributed by atoms with E-state index in [9.17, 15) is 0 Å². The minimum atomic E-state index is 0.669. The zero-order valence-corrected chi connectivity index (χ0v) is 14.0. The highest BCUT2D eigenvalue weighted by Gasteiger charge is 2.07. The number of nitrogens with one attached hydrogen (secondary N) is 1. The SMILES string of the molecule is CN(C)c1ncc(CNCCc2ccc(Cl)cc2Cl)n1C. The number of hydrogen-bond acceptors (Lipinski definition) is 3. The van der Waals surface area contributed by atoms with Gasteiger partial charge in [-0.3, -0.25) is 0 Å². The number of imidazole rings is 1. The summed E-state index contributed by atoms with van der Waals surface area (Å²) in [6.07, 6.45) is 2.77. The molecule has 1 aromatic heterocycles. The Hall–Kier alpha value is -1.23. The Morgan fingerprint density at radius 3 is 2.67 bits per heavy atom. The second-order valence-electron chi connectivity index (χ2n) is 5.17. The van der Waals surface area contributed by atoms with Crippen LogP contribution in [0.2, 0.25) is 10.0 Å². The van der Waals surface area contributed by atoms with E-state index in [1.165, 1.54) is 0 Å². The average molecular weight is 327 g/mol. The second-order valence-corrected chi connectivity index (χ2v) is 6.01. The van der Waals surface area contributed by atoms with Gasteiger partial charge >= 0.3 is 0 Å². The van der Waals surface area contributed by atoms with Crippen LogP contribution in [0.15, 0.2) is 24.4 Å². The number of aromatic nitrogens is 2. The highest BCUT2D eigenvalue weighted by Crippen LogP contribution is 2.21. The third-order valence-corrected chi connectivity index (χ3v) is 3.94. The van der Waals surface area contributed by atoms with Gasteiger partial charge in [-0.1, -0.05) is 29.3 Å². The number of anilines is 1. The van der Waals surface area contributed by atoms with Crippen molar-refractivity contribution in [3.05, 3.63) is 45.7 Å². The average Bonchev–Trinajstić information content (AvgIpc) is 2.78. The molecule has 0 saturated heterocycles. The van der Waals surface area contributed by atoms with Gasteiger partial charge in [0, 0.05) is 37.7 Å². The van der Waals surface area contributed by atoms with Crippen molar-refractivity contribution in [1.29, 1.82) is 0 Å². The monoisotopic (exact) mass is 326 g/mol. The van der Waals surface area contributed by atoms with Crippen LogP contribution in [0.4, 0.5) is 5.95 Å². The zero-order chi connectivity index (χ0) is 15.4. The van der Waals surface area contributed by atoms with E-state index in [4.69, 9.17) is 23.2 Å². The Labute approximate surface area is 135 Å². The van der Waals surface area contributed by atoms with E-state index >= 15 is 0 Å². The van der Waals surface area contributed by atoms with Crippen LogP contribution in [0.5, 0.6) is 0 Å². The highest BCUT2D eigenvalue weighted by molar-refractivity contribution is 6.35. The Morgan fingerprint density at radius 2 is 2.05 bits per heavy atom. The van der Waals surface area contributed by atoms with Gasteiger partial charge in [0.2, 0.25) is 5.95 Å². The van der Waals surface area contributed by atoms with E-state index in [2.05, 4.69) is 14.9 Å². The van der Waals surface area contributed by atoms with Crippen LogP contribution in [0, 0.1) is 0 Å². The fraction of sp³-hybridized carbons (Fsp3) is 0.400. The molecule has 0 saturated carbocycles. The first-order chi connectivity index (χ1) is 9.99. The summed E-state index contributed by atoms with van der Waals surface area (Å²) in [5.41, 5.74) is 2.26. The maximum absolute atomic E-state index is 6.16. The van der Waals surface area contributed by atoms with Crippen molar-refractivity contribution in [2.75, 3.05) is 25.5 Å². The molecular formula is C15H20Cl2N4. The van der Waals surface area contributed by atoms with Crippen molar-refractivity contribution in [2.45, 2.75) is 13.0 Å². The van der Waals surface area contributed by atoms with Crippen LogP contribution >= 0.6 is 23.2 Å². The van der Waals surface area contributed by atoms with Gasteiger partial charge < -0.3 is 14.8 Å². The van der Waals surface area contributed by atoms with Crippen LogP contribution in [-0.2, 0) is 20.0 Å². The molecule has 6 heteroatoms. The van der Waals surface area contributed by atoms with Crippen LogP contribution < -0.4 is 10.2 Å². The molecule has 1 N–H and O–H groups in total. The first-order valence-corrected chi connectivity index (χ1v) is 7.57. The molecule has 0 aliphatic rings. The van der Waals surface area contributed by atoms with Crippen molar-refractivity contribution in [3.8, 4) is 0 Å². The molecule has 114 valence electrons. The lowest BCUT2D eigenvalue weighted by molar-refractivity contribution is 0.652. The van der Waals surface area contributed by atoms with E-state index in [-0.39, 0.29) is 0 Å². The third kappa shape index (κ3) is 4.13. The van der Waals surface area contributed by atoms with Crippen molar-refractivity contribution < 1.29 is 0 Å². The number of hydrogen-bond donors (Lipinski definition) is 1. The molecule has 0 spiro atoms. The molecule has 2 aromatic rings. The predicted molar refractivity (Wildman–Crippen MR) is 89.4 cm³/mol.